The molecule has 2 aliphatic rings. The van der Waals surface area contributed by atoms with Gasteiger partial charge in [0.2, 0.25) is 6.33 Å². The Balaban J connectivity index is 1.42. The minimum atomic E-state index is 0.733. The molecule has 1 heterocycles. The fourth-order valence-electron chi connectivity index (χ4n) is 4.26. The third-order valence-corrected chi connectivity index (χ3v) is 6.64. The first-order valence-electron chi connectivity index (χ1n) is 11.7. The highest BCUT2D eigenvalue weighted by molar-refractivity contribution is 5.56. The fourth-order valence-corrected chi connectivity index (χ4v) is 4.26. The Labute approximate surface area is 190 Å². The van der Waals surface area contributed by atoms with Crippen LogP contribution in [0.2, 0.25) is 0 Å². The summed E-state index contributed by atoms with van der Waals surface area (Å²) in [7, 11) is 6.00. The Morgan fingerprint density at radius 2 is 1.34 bits per heavy atom. The molecular formula is C26H33N6+. The molecule has 2 aliphatic carbocycles. The number of nitrogens with zero attached hydrogens (tertiary/aromatic N) is 5. The van der Waals surface area contributed by atoms with Crippen molar-refractivity contribution in [2.75, 3.05) is 36.4 Å². The highest BCUT2D eigenvalue weighted by Gasteiger charge is 2.26. The average molecular weight is 430 g/mol. The zero-order valence-electron chi connectivity index (χ0n) is 19.3. The molecule has 0 bridgehead atoms. The first-order chi connectivity index (χ1) is 15.6. The molecule has 0 spiro atoms. The van der Waals surface area contributed by atoms with Gasteiger partial charge in [0, 0.05) is 21.1 Å². The number of hydrogen-bond donors (Lipinski definition) is 1. The van der Waals surface area contributed by atoms with Crippen LogP contribution in [0.4, 0.5) is 23.3 Å². The van der Waals surface area contributed by atoms with E-state index < -0.39 is 0 Å². The number of aromatic nitrogens is 3. The van der Waals surface area contributed by atoms with Crippen molar-refractivity contribution in [3.05, 3.63) is 66.0 Å². The summed E-state index contributed by atoms with van der Waals surface area (Å²) in [5.74, 6) is 3.31. The highest BCUT2D eigenvalue weighted by atomic mass is 15.6. The normalized spacial score (nSPS) is 15.5. The molecule has 6 nitrogen and oxygen atoms in total. The molecule has 2 fully saturated rings. The van der Waals surface area contributed by atoms with Crippen LogP contribution in [0.1, 0.15) is 36.8 Å². The van der Waals surface area contributed by atoms with Gasteiger partial charge in [0.05, 0.1) is 11.4 Å². The van der Waals surface area contributed by atoms with Gasteiger partial charge in [-0.15, -0.1) is 14.6 Å². The number of hydrogen-bond acceptors (Lipinski definition) is 5. The summed E-state index contributed by atoms with van der Waals surface area (Å²) < 4.78 is 2.02. The quantitative estimate of drug-likeness (QED) is 0.512. The molecule has 0 saturated heterocycles. The minimum absolute atomic E-state index is 0.733. The molecule has 0 radical (unpaired) electrons. The summed E-state index contributed by atoms with van der Waals surface area (Å²) in [5, 5.41) is 5.32. The number of anilines is 4. The van der Waals surface area contributed by atoms with E-state index in [1.54, 1.807) is 6.33 Å². The van der Waals surface area contributed by atoms with Crippen LogP contribution in [0.3, 0.4) is 0 Å². The monoisotopic (exact) mass is 429 g/mol. The zero-order valence-corrected chi connectivity index (χ0v) is 19.3. The SMILES string of the molecule is CNc1ncnc(N(C)c2ccc(CC3CC3)cc2)[n+]1N(C)c1ccc(CC2CC2)cc1. The predicted molar refractivity (Wildman–Crippen MR) is 129 cm³/mol. The average Bonchev–Trinajstić information content (AvgIpc) is 3.76. The van der Waals surface area contributed by atoms with Gasteiger partial charge in [-0.25, -0.2) is 5.01 Å². The van der Waals surface area contributed by atoms with E-state index in [1.165, 1.54) is 49.7 Å². The Kier molecular flexibility index (Phi) is 5.68. The van der Waals surface area contributed by atoms with Crippen molar-refractivity contribution in [1.82, 2.24) is 9.97 Å². The van der Waals surface area contributed by atoms with E-state index in [-0.39, 0.29) is 0 Å². The van der Waals surface area contributed by atoms with E-state index in [0.717, 1.165) is 35.1 Å². The summed E-state index contributed by atoms with van der Waals surface area (Å²) in [4.78, 5) is 11.2. The smallest absolute Gasteiger partial charge is 0.308 e. The summed E-state index contributed by atoms with van der Waals surface area (Å²) in [6.07, 6.45) is 9.51. The Hall–Kier alpha value is -3.15. The topological polar surface area (TPSA) is 48.2 Å². The third kappa shape index (κ3) is 4.54. The maximum atomic E-state index is 4.65. The van der Waals surface area contributed by atoms with Crippen molar-refractivity contribution in [3.63, 3.8) is 0 Å². The lowest BCUT2D eigenvalue weighted by molar-refractivity contribution is -0.659. The first-order valence-corrected chi connectivity index (χ1v) is 11.7. The first kappa shape index (κ1) is 20.7. The molecule has 32 heavy (non-hydrogen) atoms. The molecule has 0 aliphatic heterocycles. The van der Waals surface area contributed by atoms with Gasteiger partial charge in [-0.2, -0.15) is 0 Å². The molecule has 1 N–H and O–H groups in total. The van der Waals surface area contributed by atoms with Gasteiger partial charge in [-0.05, 0) is 85.8 Å². The van der Waals surface area contributed by atoms with E-state index in [4.69, 9.17) is 0 Å². The standard InChI is InChI=1S/C26H32N6/c1-27-25-28-18-29-26(30(2)23-12-8-21(9-13-23)16-19-4-5-19)32(25)31(3)24-14-10-22(11-15-24)17-20-6-7-20/h8-15,18-20H,4-7,16-17H2,1-3H3/p+1. The van der Waals surface area contributed by atoms with Crippen LogP contribution in [-0.4, -0.2) is 31.1 Å². The lowest BCUT2D eigenvalue weighted by Crippen LogP contribution is -2.57. The van der Waals surface area contributed by atoms with Gasteiger partial charge in [0.1, 0.15) is 0 Å². The molecule has 0 atom stereocenters. The van der Waals surface area contributed by atoms with Crippen molar-refractivity contribution in [2.45, 2.75) is 38.5 Å². The molecule has 2 aromatic carbocycles. The van der Waals surface area contributed by atoms with E-state index >= 15 is 0 Å². The van der Waals surface area contributed by atoms with Crippen LogP contribution in [0, 0.1) is 11.8 Å². The number of rotatable bonds is 9. The van der Waals surface area contributed by atoms with Crippen LogP contribution in [0.15, 0.2) is 54.9 Å². The zero-order chi connectivity index (χ0) is 22.1. The summed E-state index contributed by atoms with van der Waals surface area (Å²) in [5.41, 5.74) is 5.03. The molecular weight excluding hydrogens is 396 g/mol. The third-order valence-electron chi connectivity index (χ3n) is 6.64. The maximum absolute atomic E-state index is 4.65. The van der Waals surface area contributed by atoms with Gasteiger partial charge in [0.25, 0.3) is 0 Å². The molecule has 2 saturated carbocycles. The number of benzene rings is 2. The molecule has 166 valence electrons. The van der Waals surface area contributed by atoms with Crippen molar-refractivity contribution >= 4 is 23.3 Å². The van der Waals surface area contributed by atoms with E-state index in [2.05, 4.69) is 87.8 Å². The summed E-state index contributed by atoms with van der Waals surface area (Å²) in [6.45, 7) is 0. The van der Waals surface area contributed by atoms with E-state index in [9.17, 15) is 0 Å². The predicted octanol–water partition coefficient (Wildman–Crippen LogP) is 4.38. The van der Waals surface area contributed by atoms with Crippen LogP contribution < -0.4 is 19.9 Å². The fraction of sp³-hybridized carbons (Fsp3) is 0.423. The van der Waals surface area contributed by atoms with Crippen molar-refractivity contribution in [3.8, 4) is 0 Å². The van der Waals surface area contributed by atoms with Crippen molar-refractivity contribution in [2.24, 2.45) is 11.8 Å². The van der Waals surface area contributed by atoms with Crippen molar-refractivity contribution in [1.29, 1.82) is 0 Å². The van der Waals surface area contributed by atoms with Gasteiger partial charge < -0.3 is 5.32 Å². The Morgan fingerprint density at radius 1 is 0.812 bits per heavy atom. The second-order valence-corrected chi connectivity index (χ2v) is 9.27. The van der Waals surface area contributed by atoms with Crippen LogP contribution in [0.5, 0.6) is 0 Å². The molecule has 3 aromatic rings. The largest absolute Gasteiger partial charge is 0.352 e. The van der Waals surface area contributed by atoms with Gasteiger partial charge in [-0.1, -0.05) is 24.3 Å². The summed E-state index contributed by atoms with van der Waals surface area (Å²) >= 11 is 0. The van der Waals surface area contributed by atoms with Crippen LogP contribution in [-0.2, 0) is 12.8 Å². The molecule has 0 amide bonds. The second-order valence-electron chi connectivity index (χ2n) is 9.27. The number of nitrogens with one attached hydrogen (secondary N) is 1. The highest BCUT2D eigenvalue weighted by Crippen LogP contribution is 2.34. The molecule has 1 aromatic heterocycles. The van der Waals surface area contributed by atoms with Crippen LogP contribution >= 0.6 is 0 Å². The molecule has 6 heteroatoms. The van der Waals surface area contributed by atoms with E-state index in [1.807, 2.05) is 11.7 Å². The molecule has 5 rings (SSSR count). The van der Waals surface area contributed by atoms with Crippen molar-refractivity contribution < 1.29 is 4.68 Å². The second kappa shape index (κ2) is 8.77. The van der Waals surface area contributed by atoms with Gasteiger partial charge in [0.15, 0.2) is 0 Å². The minimum Gasteiger partial charge on any atom is -0.308 e. The van der Waals surface area contributed by atoms with Gasteiger partial charge >= 0.3 is 11.9 Å². The maximum Gasteiger partial charge on any atom is 0.352 e. The summed E-state index contributed by atoms with van der Waals surface area (Å²) in [6, 6.07) is 17.7. The lowest BCUT2D eigenvalue weighted by Gasteiger charge is -2.25. The molecule has 0 unspecified atom stereocenters. The lowest BCUT2D eigenvalue weighted by atomic mass is 10.1. The van der Waals surface area contributed by atoms with Gasteiger partial charge in [-0.3, -0.25) is 4.90 Å². The van der Waals surface area contributed by atoms with Crippen LogP contribution in [0.25, 0.3) is 0 Å². The Morgan fingerprint density at radius 3 is 1.84 bits per heavy atom. The Bertz CT molecular complexity index is 1050. The van der Waals surface area contributed by atoms with E-state index in [0.29, 0.717) is 0 Å².